The number of piperidine rings is 2. The molecular formula is C35H45ClN8O4. The summed E-state index contributed by atoms with van der Waals surface area (Å²) in [4.78, 5) is 48.8. The molecule has 48 heavy (non-hydrogen) atoms. The van der Waals surface area contributed by atoms with Crippen LogP contribution in [0.25, 0.3) is 10.9 Å². The molecule has 3 aromatic rings. The number of carbonyl (C=O) groups excluding carboxylic acids is 3. The predicted molar refractivity (Wildman–Crippen MR) is 184 cm³/mol. The highest BCUT2D eigenvalue weighted by molar-refractivity contribution is 6.35. The van der Waals surface area contributed by atoms with Gasteiger partial charge in [0.25, 0.3) is 5.91 Å². The van der Waals surface area contributed by atoms with E-state index in [1.807, 2.05) is 46.2 Å². The summed E-state index contributed by atoms with van der Waals surface area (Å²) < 4.78 is 6.08. The van der Waals surface area contributed by atoms with Gasteiger partial charge >= 0.3 is 12.1 Å². The van der Waals surface area contributed by atoms with Crippen molar-refractivity contribution >= 4 is 46.2 Å². The van der Waals surface area contributed by atoms with Gasteiger partial charge in [0.2, 0.25) is 0 Å². The Labute approximate surface area is 286 Å². The maximum absolute atomic E-state index is 14.1. The molecule has 7 rings (SSSR count). The number of hydrogen-bond acceptors (Lipinski definition) is 7. The number of hydrogen-bond donors (Lipinski definition) is 3. The summed E-state index contributed by atoms with van der Waals surface area (Å²) >= 11 is 6.54. The van der Waals surface area contributed by atoms with E-state index in [1.165, 1.54) is 0 Å². The smallest absolute Gasteiger partial charge is 0.410 e. The largest absolute Gasteiger partial charge is 0.436 e. The fourth-order valence-corrected chi connectivity index (χ4v) is 8.06. The van der Waals surface area contributed by atoms with Gasteiger partial charge in [0, 0.05) is 75.4 Å². The molecule has 1 aromatic heterocycles. The number of anilines is 1. The van der Waals surface area contributed by atoms with Crippen molar-refractivity contribution in [2.24, 2.45) is 0 Å². The molecular weight excluding hydrogens is 632 g/mol. The minimum absolute atomic E-state index is 0.0194. The molecule has 0 aliphatic carbocycles. The first-order valence-corrected chi connectivity index (χ1v) is 17.8. The average molecular weight is 677 g/mol. The molecule has 4 aliphatic rings. The Hall–Kier alpha value is -3.87. The van der Waals surface area contributed by atoms with Crippen molar-refractivity contribution < 1.29 is 19.1 Å². The molecule has 0 saturated carbocycles. The van der Waals surface area contributed by atoms with Gasteiger partial charge in [-0.05, 0) is 80.9 Å². The van der Waals surface area contributed by atoms with E-state index >= 15 is 0 Å². The second-order valence-corrected chi connectivity index (χ2v) is 13.8. The van der Waals surface area contributed by atoms with Gasteiger partial charge in [-0.25, -0.2) is 9.59 Å². The maximum Gasteiger partial charge on any atom is 0.410 e. The number of rotatable bonds is 6. The summed E-state index contributed by atoms with van der Waals surface area (Å²) in [6, 6.07) is 12.0. The SMILES string of the molecule is O=C(O[C@H](Cc1cc(Cl)c2[nH]ncc2c1)C(=O)N1CCC(N2CCCNCC2)CC1)N1CCC(N2CCc3ccccc3NC2=O)CC1. The van der Waals surface area contributed by atoms with Gasteiger partial charge in [0.1, 0.15) is 0 Å². The van der Waals surface area contributed by atoms with Crippen LogP contribution in [0.5, 0.6) is 0 Å². The monoisotopic (exact) mass is 676 g/mol. The van der Waals surface area contributed by atoms with Crippen LogP contribution in [0.15, 0.2) is 42.6 Å². The molecule has 0 bridgehead atoms. The summed E-state index contributed by atoms with van der Waals surface area (Å²) in [6.07, 6.45) is 5.45. The van der Waals surface area contributed by atoms with Crippen LogP contribution in [0.1, 0.15) is 43.2 Å². The molecule has 0 spiro atoms. The molecule has 4 amide bonds. The predicted octanol–water partition coefficient (Wildman–Crippen LogP) is 4.10. The molecule has 0 unspecified atom stereocenters. The third-order valence-electron chi connectivity index (χ3n) is 10.5. The molecule has 3 saturated heterocycles. The summed E-state index contributed by atoms with van der Waals surface area (Å²) in [5.74, 6) is -0.168. The number of nitrogens with one attached hydrogen (secondary N) is 3. The van der Waals surface area contributed by atoms with Crippen molar-refractivity contribution in [3.8, 4) is 0 Å². The quantitative estimate of drug-likeness (QED) is 0.359. The number of likely N-dealkylation sites (tertiary alicyclic amines) is 2. The number of halogens is 1. The number of ether oxygens (including phenoxy) is 1. The van der Waals surface area contributed by atoms with Gasteiger partial charge in [-0.15, -0.1) is 0 Å². The fraction of sp³-hybridized carbons (Fsp3) is 0.543. The van der Waals surface area contributed by atoms with Crippen LogP contribution in [-0.2, 0) is 22.4 Å². The van der Waals surface area contributed by atoms with Crippen LogP contribution in [0.2, 0.25) is 5.02 Å². The van der Waals surface area contributed by atoms with Crippen molar-refractivity contribution in [1.82, 2.24) is 35.1 Å². The van der Waals surface area contributed by atoms with E-state index in [-0.39, 0.29) is 24.4 Å². The van der Waals surface area contributed by atoms with Gasteiger partial charge in [0.05, 0.1) is 16.7 Å². The Bertz CT molecular complexity index is 1610. The van der Waals surface area contributed by atoms with Gasteiger partial charge in [0.15, 0.2) is 6.10 Å². The topological polar surface area (TPSA) is 126 Å². The summed E-state index contributed by atoms with van der Waals surface area (Å²) in [5.41, 5.74) is 3.52. The standard InChI is InChI=1S/C35H45ClN8O4/c36-29-21-24(20-26-23-38-40-32(26)29)22-31(33(45)42-14-7-27(8-15-42)41-13-3-11-37-12-19-41)48-35(47)43-16-9-28(10-17-43)44-18-6-25-4-1-2-5-30(25)39-34(44)46/h1-2,4-5,20-21,23,27-28,31,37H,3,6-19,22H2,(H,38,40)(H,39,46)/t31-/m1/s1. The molecule has 12 nitrogen and oxygen atoms in total. The highest BCUT2D eigenvalue weighted by atomic mass is 35.5. The fourth-order valence-electron chi connectivity index (χ4n) is 7.77. The van der Waals surface area contributed by atoms with Crippen molar-refractivity contribution in [3.63, 3.8) is 0 Å². The zero-order valence-electron chi connectivity index (χ0n) is 27.3. The minimum Gasteiger partial charge on any atom is -0.436 e. The summed E-state index contributed by atoms with van der Waals surface area (Å²) in [6.45, 7) is 6.95. The second-order valence-electron chi connectivity index (χ2n) is 13.4. The molecule has 0 radical (unpaired) electrons. The van der Waals surface area contributed by atoms with Crippen molar-refractivity contribution in [3.05, 3.63) is 58.7 Å². The first-order valence-electron chi connectivity index (χ1n) is 17.4. The number of aromatic amines is 1. The Morgan fingerprint density at radius 2 is 1.71 bits per heavy atom. The number of nitrogens with zero attached hydrogens (tertiary/aromatic N) is 5. The van der Waals surface area contributed by atoms with E-state index in [4.69, 9.17) is 16.3 Å². The van der Waals surface area contributed by atoms with Crippen LogP contribution in [0, 0.1) is 0 Å². The van der Waals surface area contributed by atoms with Gasteiger partial charge in [-0.2, -0.15) is 5.10 Å². The second kappa shape index (κ2) is 14.7. The van der Waals surface area contributed by atoms with Crippen LogP contribution in [0.3, 0.4) is 0 Å². The van der Waals surface area contributed by atoms with Crippen LogP contribution < -0.4 is 10.6 Å². The van der Waals surface area contributed by atoms with E-state index in [0.29, 0.717) is 56.6 Å². The molecule has 3 N–H and O–H groups in total. The molecule has 13 heteroatoms. The Morgan fingerprint density at radius 3 is 2.54 bits per heavy atom. The van der Waals surface area contributed by atoms with E-state index in [9.17, 15) is 14.4 Å². The molecule has 2 aromatic carbocycles. The van der Waals surface area contributed by atoms with Gasteiger partial charge < -0.3 is 30.1 Å². The Morgan fingerprint density at radius 1 is 0.938 bits per heavy atom. The molecule has 4 aliphatic heterocycles. The van der Waals surface area contributed by atoms with Gasteiger partial charge in [-0.3, -0.25) is 14.8 Å². The highest BCUT2D eigenvalue weighted by Crippen LogP contribution is 2.28. The van der Waals surface area contributed by atoms with E-state index in [1.54, 1.807) is 11.1 Å². The Kier molecular flexibility index (Phi) is 10.0. The first kappa shape index (κ1) is 32.7. The number of aromatic nitrogens is 2. The van der Waals surface area contributed by atoms with Crippen molar-refractivity contribution in [2.45, 2.75) is 63.1 Å². The lowest BCUT2D eigenvalue weighted by Gasteiger charge is -2.40. The number of H-pyrrole nitrogens is 1. The molecule has 1 atom stereocenters. The number of urea groups is 1. The highest BCUT2D eigenvalue weighted by Gasteiger charge is 2.36. The number of para-hydroxylation sites is 1. The lowest BCUT2D eigenvalue weighted by molar-refractivity contribution is -0.142. The van der Waals surface area contributed by atoms with E-state index in [0.717, 1.165) is 79.6 Å². The Balaban J connectivity index is 0.999. The third kappa shape index (κ3) is 7.25. The summed E-state index contributed by atoms with van der Waals surface area (Å²) in [7, 11) is 0. The number of fused-ring (bicyclic) bond motifs is 2. The van der Waals surface area contributed by atoms with Gasteiger partial charge in [-0.1, -0.05) is 29.8 Å². The zero-order valence-corrected chi connectivity index (χ0v) is 28.1. The molecule has 3 fully saturated rings. The van der Waals surface area contributed by atoms with Crippen LogP contribution in [0.4, 0.5) is 15.3 Å². The summed E-state index contributed by atoms with van der Waals surface area (Å²) in [5, 5.41) is 14.9. The van der Waals surface area contributed by atoms with Crippen molar-refractivity contribution in [2.75, 3.05) is 64.2 Å². The maximum atomic E-state index is 14.1. The zero-order chi connectivity index (χ0) is 33.0. The molecule has 256 valence electrons. The van der Waals surface area contributed by atoms with E-state index < -0.39 is 12.2 Å². The minimum atomic E-state index is -0.982. The normalized spacial score (nSPS) is 20.9. The van der Waals surface area contributed by atoms with Crippen LogP contribution in [-0.4, -0.2) is 125 Å². The van der Waals surface area contributed by atoms with E-state index in [2.05, 4.69) is 25.7 Å². The lowest BCUT2D eigenvalue weighted by Crippen LogP contribution is -2.52. The number of amides is 4. The van der Waals surface area contributed by atoms with Crippen LogP contribution >= 0.6 is 11.6 Å². The lowest BCUT2D eigenvalue weighted by atomic mass is 10.0. The third-order valence-corrected chi connectivity index (χ3v) is 10.8. The number of carbonyl (C=O) groups is 3. The molecule has 5 heterocycles. The average Bonchev–Trinajstić information content (AvgIpc) is 3.32. The number of benzene rings is 2. The van der Waals surface area contributed by atoms with Crippen molar-refractivity contribution in [1.29, 1.82) is 0 Å². The first-order chi connectivity index (χ1) is 23.4.